The van der Waals surface area contributed by atoms with E-state index in [-0.39, 0.29) is 23.7 Å². The van der Waals surface area contributed by atoms with Crippen molar-refractivity contribution in [1.82, 2.24) is 0 Å². The Morgan fingerprint density at radius 1 is 1.58 bits per heavy atom. The van der Waals surface area contributed by atoms with Crippen LogP contribution in [0.1, 0.15) is 19.3 Å². The van der Waals surface area contributed by atoms with Crippen molar-refractivity contribution in [2.24, 2.45) is 23.0 Å². The van der Waals surface area contributed by atoms with Crippen LogP contribution >= 0.6 is 12.4 Å². The Morgan fingerprint density at radius 3 is 2.50 bits per heavy atom. The average molecular weight is 192 g/mol. The number of carboxylic acid groups (broad SMARTS) is 1. The summed E-state index contributed by atoms with van der Waals surface area (Å²) in [6, 6.07) is 0. The summed E-state index contributed by atoms with van der Waals surface area (Å²) in [5, 5.41) is 8.85. The molecule has 3 nitrogen and oxygen atoms in total. The van der Waals surface area contributed by atoms with E-state index < -0.39 is 5.97 Å². The number of nitrogens with two attached hydrogens (primary N) is 1. The molecule has 0 spiro atoms. The average Bonchev–Trinajstić information content (AvgIpc) is 2.37. The predicted octanol–water partition coefficient (Wildman–Crippen LogP) is 0.868. The lowest BCUT2D eigenvalue weighted by molar-refractivity contribution is -0.145. The highest BCUT2D eigenvalue weighted by molar-refractivity contribution is 5.85. The van der Waals surface area contributed by atoms with Gasteiger partial charge in [0, 0.05) is 0 Å². The summed E-state index contributed by atoms with van der Waals surface area (Å²) in [5.74, 6) is -0.118. The highest BCUT2D eigenvalue weighted by Crippen LogP contribution is 2.61. The van der Waals surface area contributed by atoms with E-state index in [1.54, 1.807) is 0 Å². The second-order valence-corrected chi connectivity index (χ2v) is 3.97. The van der Waals surface area contributed by atoms with Crippen LogP contribution in [-0.2, 0) is 4.79 Å². The van der Waals surface area contributed by atoms with Crippen molar-refractivity contribution in [3.8, 4) is 0 Å². The number of fused-ring (bicyclic) bond motifs is 1. The molecule has 0 heterocycles. The molecule has 3 aliphatic rings. The van der Waals surface area contributed by atoms with Crippen LogP contribution < -0.4 is 5.73 Å². The Balaban J connectivity index is 0.000000720. The van der Waals surface area contributed by atoms with Crippen LogP contribution in [0.3, 0.4) is 0 Å². The number of halogens is 1. The number of aliphatic carboxylic acids is 1. The number of hydrogen-bond acceptors (Lipinski definition) is 2. The van der Waals surface area contributed by atoms with E-state index in [1.807, 2.05) is 0 Å². The van der Waals surface area contributed by atoms with Crippen LogP contribution in [0.5, 0.6) is 0 Å². The summed E-state index contributed by atoms with van der Waals surface area (Å²) in [6.45, 7) is 0.556. The van der Waals surface area contributed by atoms with Gasteiger partial charge in [-0.15, -0.1) is 12.4 Å². The first-order chi connectivity index (χ1) is 5.18. The number of carboxylic acids is 1. The first-order valence-electron chi connectivity index (χ1n) is 4.11. The molecule has 0 saturated heterocycles. The Kier molecular flexibility index (Phi) is 2.36. The largest absolute Gasteiger partial charge is 0.481 e. The molecule has 1 unspecified atom stereocenters. The third-order valence-corrected chi connectivity index (χ3v) is 3.40. The molecule has 12 heavy (non-hydrogen) atoms. The molecular formula is C8H14ClNO2. The summed E-state index contributed by atoms with van der Waals surface area (Å²) >= 11 is 0. The Labute approximate surface area is 77.7 Å². The fourth-order valence-corrected chi connectivity index (χ4v) is 2.80. The summed E-state index contributed by atoms with van der Waals surface area (Å²) < 4.78 is 0. The van der Waals surface area contributed by atoms with Gasteiger partial charge in [0.15, 0.2) is 0 Å². The fourth-order valence-electron chi connectivity index (χ4n) is 2.80. The van der Waals surface area contributed by atoms with Crippen LogP contribution in [0.4, 0.5) is 0 Å². The Morgan fingerprint density at radius 2 is 2.17 bits per heavy atom. The zero-order chi connectivity index (χ0) is 8.06. The normalized spacial score (nSPS) is 43.1. The SMILES string of the molecule is Cl.NCC12CC(CC1C(=O)O)C2. The van der Waals surface area contributed by atoms with Crippen molar-refractivity contribution in [3.05, 3.63) is 0 Å². The minimum absolute atomic E-state index is 0. The molecule has 3 rings (SSSR count). The third-order valence-electron chi connectivity index (χ3n) is 3.40. The van der Waals surface area contributed by atoms with Crippen LogP contribution in [-0.4, -0.2) is 17.6 Å². The number of rotatable bonds is 2. The standard InChI is InChI=1S/C8H13NO2.ClH/c9-4-8-2-5(3-8)1-6(8)7(10)11;/h5-6H,1-4,9H2,(H,10,11);1H. The maximum absolute atomic E-state index is 10.7. The summed E-state index contributed by atoms with van der Waals surface area (Å²) in [7, 11) is 0. The summed E-state index contributed by atoms with van der Waals surface area (Å²) in [5.41, 5.74) is 5.57. The lowest BCUT2D eigenvalue weighted by atomic mass is 9.67. The Bertz CT molecular complexity index is 201. The summed E-state index contributed by atoms with van der Waals surface area (Å²) in [6.07, 6.45) is 2.98. The van der Waals surface area contributed by atoms with E-state index in [2.05, 4.69) is 0 Å². The molecular weight excluding hydrogens is 178 g/mol. The smallest absolute Gasteiger partial charge is 0.307 e. The second-order valence-electron chi connectivity index (χ2n) is 3.97. The minimum Gasteiger partial charge on any atom is -0.481 e. The van der Waals surface area contributed by atoms with Gasteiger partial charge in [-0.2, -0.15) is 0 Å². The number of carbonyl (C=O) groups is 1. The van der Waals surface area contributed by atoms with Crippen LogP contribution in [0, 0.1) is 17.3 Å². The molecule has 0 aromatic heterocycles. The zero-order valence-electron chi connectivity index (χ0n) is 6.82. The van der Waals surface area contributed by atoms with E-state index in [4.69, 9.17) is 10.8 Å². The highest BCUT2D eigenvalue weighted by atomic mass is 35.5. The molecule has 3 N–H and O–H groups in total. The quantitative estimate of drug-likeness (QED) is 0.681. The van der Waals surface area contributed by atoms with Crippen LogP contribution in [0.2, 0.25) is 0 Å². The van der Waals surface area contributed by atoms with Gasteiger partial charge in [0.05, 0.1) is 5.92 Å². The lowest BCUT2D eigenvalue weighted by Crippen LogP contribution is -2.41. The van der Waals surface area contributed by atoms with Crippen molar-refractivity contribution in [2.75, 3.05) is 6.54 Å². The van der Waals surface area contributed by atoms with Crippen LogP contribution in [0.15, 0.2) is 0 Å². The predicted molar refractivity (Wildman–Crippen MR) is 47.2 cm³/mol. The summed E-state index contributed by atoms with van der Waals surface area (Å²) in [4.78, 5) is 10.7. The van der Waals surface area contributed by atoms with Crippen LogP contribution in [0.25, 0.3) is 0 Å². The van der Waals surface area contributed by atoms with Gasteiger partial charge in [0.25, 0.3) is 0 Å². The van der Waals surface area contributed by atoms with E-state index >= 15 is 0 Å². The molecule has 0 radical (unpaired) electrons. The van der Waals surface area contributed by atoms with Crippen molar-refractivity contribution in [2.45, 2.75) is 19.3 Å². The van der Waals surface area contributed by atoms with Gasteiger partial charge in [0.2, 0.25) is 0 Å². The molecule has 0 aromatic carbocycles. The maximum atomic E-state index is 10.7. The van der Waals surface area contributed by atoms with Crippen molar-refractivity contribution in [1.29, 1.82) is 0 Å². The van der Waals surface area contributed by atoms with Gasteiger partial charge in [-0.1, -0.05) is 0 Å². The van der Waals surface area contributed by atoms with Gasteiger partial charge in [-0.25, -0.2) is 0 Å². The highest BCUT2D eigenvalue weighted by Gasteiger charge is 2.58. The van der Waals surface area contributed by atoms with Gasteiger partial charge in [0.1, 0.15) is 0 Å². The van der Waals surface area contributed by atoms with E-state index in [9.17, 15) is 4.79 Å². The van der Waals surface area contributed by atoms with Crippen molar-refractivity contribution >= 4 is 18.4 Å². The molecule has 1 atom stereocenters. The van der Waals surface area contributed by atoms with E-state index in [0.29, 0.717) is 12.5 Å². The van der Waals surface area contributed by atoms with E-state index in [1.165, 1.54) is 0 Å². The first kappa shape index (κ1) is 9.81. The van der Waals surface area contributed by atoms with Gasteiger partial charge in [-0.05, 0) is 37.1 Å². The van der Waals surface area contributed by atoms with Crippen molar-refractivity contribution < 1.29 is 9.90 Å². The first-order valence-corrected chi connectivity index (χ1v) is 4.11. The van der Waals surface area contributed by atoms with Gasteiger partial charge < -0.3 is 10.8 Å². The maximum Gasteiger partial charge on any atom is 0.307 e. The second kappa shape index (κ2) is 2.89. The molecule has 0 amide bonds. The zero-order valence-corrected chi connectivity index (χ0v) is 7.64. The molecule has 3 saturated carbocycles. The molecule has 3 aliphatic carbocycles. The fraction of sp³-hybridized carbons (Fsp3) is 0.875. The van der Waals surface area contributed by atoms with E-state index in [0.717, 1.165) is 19.3 Å². The monoisotopic (exact) mass is 191 g/mol. The number of hydrogen-bond donors (Lipinski definition) is 2. The topological polar surface area (TPSA) is 63.3 Å². The molecule has 0 aromatic rings. The molecule has 2 bridgehead atoms. The van der Waals surface area contributed by atoms with Crippen molar-refractivity contribution in [3.63, 3.8) is 0 Å². The minimum atomic E-state index is -0.643. The molecule has 0 aliphatic heterocycles. The Hall–Kier alpha value is -0.280. The molecule has 70 valence electrons. The lowest BCUT2D eigenvalue weighted by Gasteiger charge is -2.39. The molecule has 4 heteroatoms. The molecule has 3 fully saturated rings. The van der Waals surface area contributed by atoms with Gasteiger partial charge >= 0.3 is 5.97 Å². The van der Waals surface area contributed by atoms with Gasteiger partial charge in [-0.3, -0.25) is 4.79 Å². The third kappa shape index (κ3) is 1.04.